The number of nitrogens with two attached hydrogens (primary N) is 1. The first-order valence-corrected chi connectivity index (χ1v) is 6.26. The predicted molar refractivity (Wildman–Crippen MR) is 71.8 cm³/mol. The van der Waals surface area contributed by atoms with Crippen LogP contribution in [0, 0.1) is 5.92 Å². The SMILES string of the molecule is CC(C)CCc1nc2cc(CN)ccc2n1C. The van der Waals surface area contributed by atoms with Crippen molar-refractivity contribution >= 4 is 11.0 Å². The van der Waals surface area contributed by atoms with Gasteiger partial charge >= 0.3 is 0 Å². The highest BCUT2D eigenvalue weighted by Gasteiger charge is 2.08. The van der Waals surface area contributed by atoms with Crippen LogP contribution in [0.25, 0.3) is 11.0 Å². The number of hydrogen-bond acceptors (Lipinski definition) is 2. The highest BCUT2D eigenvalue weighted by Crippen LogP contribution is 2.18. The average Bonchev–Trinajstić information content (AvgIpc) is 2.63. The minimum Gasteiger partial charge on any atom is -0.331 e. The topological polar surface area (TPSA) is 43.8 Å². The molecular weight excluding hydrogens is 210 g/mol. The molecule has 17 heavy (non-hydrogen) atoms. The van der Waals surface area contributed by atoms with E-state index in [1.165, 1.54) is 17.8 Å². The third-order valence-electron chi connectivity index (χ3n) is 3.22. The first kappa shape index (κ1) is 12.1. The van der Waals surface area contributed by atoms with Gasteiger partial charge in [-0.2, -0.15) is 0 Å². The summed E-state index contributed by atoms with van der Waals surface area (Å²) in [6, 6.07) is 6.29. The van der Waals surface area contributed by atoms with Gasteiger partial charge in [0.15, 0.2) is 0 Å². The van der Waals surface area contributed by atoms with E-state index in [2.05, 4.69) is 43.7 Å². The standard InChI is InChI=1S/C14H21N3/c1-10(2)4-7-14-16-12-8-11(9-15)5-6-13(12)17(14)3/h5-6,8,10H,4,7,9,15H2,1-3H3. The van der Waals surface area contributed by atoms with Crippen LogP contribution in [0.4, 0.5) is 0 Å². The Morgan fingerprint density at radius 3 is 2.76 bits per heavy atom. The van der Waals surface area contributed by atoms with Crippen molar-refractivity contribution in [1.82, 2.24) is 9.55 Å². The first-order chi connectivity index (χ1) is 8.11. The van der Waals surface area contributed by atoms with Gasteiger partial charge in [0.1, 0.15) is 5.82 Å². The van der Waals surface area contributed by atoms with Crippen LogP contribution in [0.2, 0.25) is 0 Å². The van der Waals surface area contributed by atoms with Gasteiger partial charge in [0.05, 0.1) is 11.0 Å². The number of hydrogen-bond donors (Lipinski definition) is 1. The van der Waals surface area contributed by atoms with Crippen molar-refractivity contribution in [1.29, 1.82) is 0 Å². The summed E-state index contributed by atoms with van der Waals surface area (Å²) in [7, 11) is 2.09. The van der Waals surface area contributed by atoms with Gasteiger partial charge in [-0.25, -0.2) is 4.98 Å². The van der Waals surface area contributed by atoms with Crippen molar-refractivity contribution < 1.29 is 0 Å². The molecule has 0 spiro atoms. The molecule has 0 atom stereocenters. The van der Waals surface area contributed by atoms with Gasteiger partial charge in [-0.15, -0.1) is 0 Å². The van der Waals surface area contributed by atoms with E-state index in [4.69, 9.17) is 10.7 Å². The molecule has 92 valence electrons. The first-order valence-electron chi connectivity index (χ1n) is 6.26. The summed E-state index contributed by atoms with van der Waals surface area (Å²) in [6.07, 6.45) is 2.22. The fourth-order valence-corrected chi connectivity index (χ4v) is 2.06. The van der Waals surface area contributed by atoms with Gasteiger partial charge in [-0.3, -0.25) is 0 Å². The average molecular weight is 231 g/mol. The molecule has 1 aromatic heterocycles. The highest BCUT2D eigenvalue weighted by molar-refractivity contribution is 5.76. The van der Waals surface area contributed by atoms with E-state index >= 15 is 0 Å². The Balaban J connectivity index is 2.34. The number of benzene rings is 1. The minimum atomic E-state index is 0.577. The fourth-order valence-electron chi connectivity index (χ4n) is 2.06. The molecule has 0 aliphatic rings. The predicted octanol–water partition coefficient (Wildman–Crippen LogP) is 2.62. The number of imidazole rings is 1. The van der Waals surface area contributed by atoms with Crippen LogP contribution >= 0.6 is 0 Å². The van der Waals surface area contributed by atoms with Gasteiger partial charge in [0.2, 0.25) is 0 Å². The maximum atomic E-state index is 5.65. The molecule has 0 fully saturated rings. The molecule has 0 saturated heterocycles. The Hall–Kier alpha value is -1.35. The second-order valence-corrected chi connectivity index (χ2v) is 5.05. The quantitative estimate of drug-likeness (QED) is 0.879. The van der Waals surface area contributed by atoms with E-state index in [-0.39, 0.29) is 0 Å². The molecule has 0 saturated carbocycles. The molecule has 0 radical (unpaired) electrons. The van der Waals surface area contributed by atoms with Crippen LogP contribution in [-0.4, -0.2) is 9.55 Å². The highest BCUT2D eigenvalue weighted by atomic mass is 15.1. The number of rotatable bonds is 4. The molecule has 0 amide bonds. The summed E-state index contributed by atoms with van der Waals surface area (Å²) < 4.78 is 2.19. The third-order valence-corrected chi connectivity index (χ3v) is 3.22. The van der Waals surface area contributed by atoms with E-state index in [0.717, 1.165) is 23.4 Å². The van der Waals surface area contributed by atoms with Gasteiger partial charge < -0.3 is 10.3 Å². The van der Waals surface area contributed by atoms with Crippen LogP contribution in [0.5, 0.6) is 0 Å². The lowest BCUT2D eigenvalue weighted by molar-refractivity contribution is 0.568. The number of nitrogens with zero attached hydrogens (tertiary/aromatic N) is 2. The van der Waals surface area contributed by atoms with Gasteiger partial charge in [-0.05, 0) is 30.0 Å². The molecule has 0 bridgehead atoms. The molecule has 0 unspecified atom stereocenters. The molecular formula is C14H21N3. The number of aromatic nitrogens is 2. The van der Waals surface area contributed by atoms with E-state index in [1.54, 1.807) is 0 Å². The molecule has 3 nitrogen and oxygen atoms in total. The zero-order chi connectivity index (χ0) is 12.4. The second-order valence-electron chi connectivity index (χ2n) is 5.05. The summed E-state index contributed by atoms with van der Waals surface area (Å²) in [5.74, 6) is 1.89. The van der Waals surface area contributed by atoms with Gasteiger partial charge in [0, 0.05) is 20.0 Å². The molecule has 2 aromatic rings. The Labute approximate surface area is 103 Å². The Morgan fingerprint density at radius 1 is 1.35 bits per heavy atom. The largest absolute Gasteiger partial charge is 0.331 e. The van der Waals surface area contributed by atoms with Crippen molar-refractivity contribution in [2.45, 2.75) is 33.2 Å². The maximum Gasteiger partial charge on any atom is 0.109 e. The molecule has 0 aliphatic heterocycles. The lowest BCUT2D eigenvalue weighted by Gasteiger charge is -2.04. The summed E-state index contributed by atoms with van der Waals surface area (Å²) >= 11 is 0. The Morgan fingerprint density at radius 2 is 2.12 bits per heavy atom. The van der Waals surface area contributed by atoms with Crippen molar-refractivity contribution in [3.05, 3.63) is 29.6 Å². The summed E-state index contributed by atoms with van der Waals surface area (Å²) in [6.45, 7) is 5.07. The number of fused-ring (bicyclic) bond motifs is 1. The van der Waals surface area contributed by atoms with Crippen molar-refractivity contribution in [2.24, 2.45) is 18.7 Å². The maximum absolute atomic E-state index is 5.65. The lowest BCUT2D eigenvalue weighted by atomic mass is 10.1. The van der Waals surface area contributed by atoms with Crippen LogP contribution in [-0.2, 0) is 20.0 Å². The summed E-state index contributed by atoms with van der Waals surface area (Å²) in [4.78, 5) is 4.70. The summed E-state index contributed by atoms with van der Waals surface area (Å²) in [5.41, 5.74) is 9.05. The number of aryl methyl sites for hydroxylation is 2. The Bertz CT molecular complexity index is 511. The van der Waals surface area contributed by atoms with Crippen LogP contribution in [0.3, 0.4) is 0 Å². The van der Waals surface area contributed by atoms with E-state index in [0.29, 0.717) is 6.54 Å². The molecule has 0 aliphatic carbocycles. The van der Waals surface area contributed by atoms with E-state index < -0.39 is 0 Å². The second kappa shape index (κ2) is 4.88. The molecule has 1 heterocycles. The van der Waals surface area contributed by atoms with Crippen LogP contribution < -0.4 is 5.73 Å². The third kappa shape index (κ3) is 2.50. The molecule has 2 rings (SSSR count). The van der Waals surface area contributed by atoms with Crippen molar-refractivity contribution in [2.75, 3.05) is 0 Å². The normalized spacial score (nSPS) is 11.6. The lowest BCUT2D eigenvalue weighted by Crippen LogP contribution is -2.00. The zero-order valence-electron chi connectivity index (χ0n) is 10.9. The molecule has 3 heteroatoms. The van der Waals surface area contributed by atoms with E-state index in [9.17, 15) is 0 Å². The summed E-state index contributed by atoms with van der Waals surface area (Å²) in [5, 5.41) is 0. The molecule has 1 aromatic carbocycles. The molecule has 2 N–H and O–H groups in total. The minimum absolute atomic E-state index is 0.577. The van der Waals surface area contributed by atoms with Gasteiger partial charge in [-0.1, -0.05) is 19.9 Å². The monoisotopic (exact) mass is 231 g/mol. The van der Waals surface area contributed by atoms with Crippen LogP contribution in [0.15, 0.2) is 18.2 Å². The smallest absolute Gasteiger partial charge is 0.109 e. The zero-order valence-corrected chi connectivity index (χ0v) is 10.9. The fraction of sp³-hybridized carbons (Fsp3) is 0.500. The van der Waals surface area contributed by atoms with E-state index in [1.807, 2.05) is 0 Å². The van der Waals surface area contributed by atoms with Gasteiger partial charge in [0.25, 0.3) is 0 Å². The van der Waals surface area contributed by atoms with Crippen LogP contribution in [0.1, 0.15) is 31.7 Å². The van der Waals surface area contributed by atoms with Crippen molar-refractivity contribution in [3.8, 4) is 0 Å². The Kier molecular flexibility index (Phi) is 3.48. The van der Waals surface area contributed by atoms with Crippen molar-refractivity contribution in [3.63, 3.8) is 0 Å².